The zero-order chi connectivity index (χ0) is 18.3. The number of esters is 1. The van der Waals surface area contributed by atoms with E-state index >= 15 is 0 Å². The zero-order valence-corrected chi connectivity index (χ0v) is 14.6. The molecule has 2 aromatic heterocycles. The van der Waals surface area contributed by atoms with Gasteiger partial charge in [0.15, 0.2) is 5.65 Å². The van der Waals surface area contributed by atoms with Crippen LogP contribution in [0.25, 0.3) is 27.9 Å². The van der Waals surface area contributed by atoms with Gasteiger partial charge in [-0.2, -0.15) is 0 Å². The Bertz CT molecular complexity index is 1130. The molecule has 0 atom stereocenters. The molecule has 2 heterocycles. The van der Waals surface area contributed by atoms with E-state index in [4.69, 9.17) is 15.5 Å². The summed E-state index contributed by atoms with van der Waals surface area (Å²) in [4.78, 5) is 21.7. The van der Waals surface area contributed by atoms with Crippen LogP contribution in [0.15, 0.2) is 48.5 Å². The molecule has 2 aromatic carbocycles. The third-order valence-corrected chi connectivity index (χ3v) is 4.49. The second-order valence-electron chi connectivity index (χ2n) is 5.99. The van der Waals surface area contributed by atoms with Crippen molar-refractivity contribution in [3.8, 4) is 5.69 Å². The second kappa shape index (κ2) is 6.15. The highest BCUT2D eigenvalue weighted by Crippen LogP contribution is 2.31. The third-order valence-electron chi connectivity index (χ3n) is 4.49. The fourth-order valence-electron chi connectivity index (χ4n) is 3.11. The van der Waals surface area contributed by atoms with Crippen LogP contribution in [0.5, 0.6) is 0 Å². The molecule has 0 saturated carbocycles. The number of methoxy groups -OCH3 is 1. The standard InChI is InChI=1S/C20H18N4O2/c1-3-12-8-10-13(11-9-12)24-18(21)16(20(25)26-2)17-19(24)23-15-7-5-4-6-14(15)22-17/h4-11H,3,21H2,1-2H3. The molecule has 0 bridgehead atoms. The lowest BCUT2D eigenvalue weighted by atomic mass is 10.1. The molecule has 0 aliphatic carbocycles. The smallest absolute Gasteiger partial charge is 0.343 e. The molecule has 0 radical (unpaired) electrons. The summed E-state index contributed by atoms with van der Waals surface area (Å²) in [6.07, 6.45) is 0.944. The van der Waals surface area contributed by atoms with Crippen molar-refractivity contribution in [3.63, 3.8) is 0 Å². The molecule has 0 amide bonds. The van der Waals surface area contributed by atoms with Crippen LogP contribution >= 0.6 is 0 Å². The Balaban J connectivity index is 2.08. The van der Waals surface area contributed by atoms with E-state index in [1.54, 1.807) is 4.57 Å². The van der Waals surface area contributed by atoms with Crippen molar-refractivity contribution in [1.29, 1.82) is 0 Å². The first-order chi connectivity index (χ1) is 12.6. The van der Waals surface area contributed by atoms with Gasteiger partial charge in [-0.25, -0.2) is 14.8 Å². The normalized spacial score (nSPS) is 11.2. The monoisotopic (exact) mass is 346 g/mol. The summed E-state index contributed by atoms with van der Waals surface area (Å²) in [5.74, 6) is -0.257. The number of hydrogen-bond donors (Lipinski definition) is 1. The molecule has 130 valence electrons. The molecule has 0 aliphatic rings. The molecule has 0 fully saturated rings. The zero-order valence-electron chi connectivity index (χ0n) is 14.6. The number of carbonyl (C=O) groups excluding carboxylic acids is 1. The number of carbonyl (C=O) groups is 1. The van der Waals surface area contributed by atoms with Gasteiger partial charge in [0.25, 0.3) is 0 Å². The van der Waals surface area contributed by atoms with Crippen LogP contribution in [0.2, 0.25) is 0 Å². The van der Waals surface area contributed by atoms with Gasteiger partial charge in [-0.05, 0) is 36.2 Å². The number of nitrogens with two attached hydrogens (primary N) is 1. The van der Waals surface area contributed by atoms with Crippen molar-refractivity contribution in [2.75, 3.05) is 12.8 Å². The van der Waals surface area contributed by atoms with E-state index in [0.717, 1.165) is 17.6 Å². The topological polar surface area (TPSA) is 83.0 Å². The summed E-state index contributed by atoms with van der Waals surface area (Å²) in [6.45, 7) is 2.10. The lowest BCUT2D eigenvalue weighted by Gasteiger charge is -2.08. The van der Waals surface area contributed by atoms with Crippen LogP contribution in [0.4, 0.5) is 5.82 Å². The molecule has 4 rings (SSSR count). The molecule has 2 N–H and O–H groups in total. The number of aromatic nitrogens is 3. The fourth-order valence-corrected chi connectivity index (χ4v) is 3.11. The molecule has 0 aliphatic heterocycles. The average Bonchev–Trinajstić information content (AvgIpc) is 2.96. The summed E-state index contributed by atoms with van der Waals surface area (Å²) in [6, 6.07) is 15.5. The molecule has 4 aromatic rings. The number of nitrogen functional groups attached to an aromatic ring is 1. The molecule has 26 heavy (non-hydrogen) atoms. The quantitative estimate of drug-likeness (QED) is 0.574. The molecular weight excluding hydrogens is 328 g/mol. The molecule has 0 spiro atoms. The Morgan fingerprint density at radius 2 is 1.73 bits per heavy atom. The minimum Gasteiger partial charge on any atom is -0.465 e. The van der Waals surface area contributed by atoms with E-state index in [1.165, 1.54) is 12.7 Å². The summed E-state index contributed by atoms with van der Waals surface area (Å²) < 4.78 is 6.67. The Labute approximate surface area is 150 Å². The van der Waals surface area contributed by atoms with Gasteiger partial charge in [-0.1, -0.05) is 31.2 Å². The van der Waals surface area contributed by atoms with Crippen LogP contribution in [0.1, 0.15) is 22.8 Å². The van der Waals surface area contributed by atoms with E-state index in [-0.39, 0.29) is 11.4 Å². The van der Waals surface area contributed by atoms with Crippen LogP contribution in [-0.4, -0.2) is 27.6 Å². The lowest BCUT2D eigenvalue weighted by molar-refractivity contribution is 0.0604. The Hall–Kier alpha value is -3.41. The van der Waals surface area contributed by atoms with Crippen molar-refractivity contribution in [2.45, 2.75) is 13.3 Å². The van der Waals surface area contributed by atoms with Gasteiger partial charge >= 0.3 is 5.97 Å². The summed E-state index contributed by atoms with van der Waals surface area (Å²) >= 11 is 0. The predicted molar refractivity (Wildman–Crippen MR) is 102 cm³/mol. The van der Waals surface area contributed by atoms with Gasteiger partial charge in [-0.15, -0.1) is 0 Å². The second-order valence-corrected chi connectivity index (χ2v) is 5.99. The largest absolute Gasteiger partial charge is 0.465 e. The van der Waals surface area contributed by atoms with Crippen LogP contribution in [0.3, 0.4) is 0 Å². The number of hydrogen-bond acceptors (Lipinski definition) is 5. The first-order valence-electron chi connectivity index (χ1n) is 8.38. The first kappa shape index (κ1) is 16.1. The summed E-state index contributed by atoms with van der Waals surface area (Å²) in [5, 5.41) is 0. The van der Waals surface area contributed by atoms with Gasteiger partial charge in [0.2, 0.25) is 0 Å². The lowest BCUT2D eigenvalue weighted by Crippen LogP contribution is -2.07. The Morgan fingerprint density at radius 3 is 2.35 bits per heavy atom. The van der Waals surface area contributed by atoms with Gasteiger partial charge < -0.3 is 10.5 Å². The molecule has 0 saturated heterocycles. The molecule has 6 heteroatoms. The van der Waals surface area contributed by atoms with E-state index in [9.17, 15) is 4.79 Å². The highest BCUT2D eigenvalue weighted by Gasteiger charge is 2.25. The Kier molecular flexibility index (Phi) is 3.80. The van der Waals surface area contributed by atoms with Crippen LogP contribution in [0, 0.1) is 0 Å². The summed E-state index contributed by atoms with van der Waals surface area (Å²) in [7, 11) is 1.33. The third kappa shape index (κ3) is 2.38. The van der Waals surface area contributed by atoms with Gasteiger partial charge in [-0.3, -0.25) is 4.57 Å². The van der Waals surface area contributed by atoms with Crippen molar-refractivity contribution in [3.05, 3.63) is 59.7 Å². The van der Waals surface area contributed by atoms with Gasteiger partial charge in [0.1, 0.15) is 16.9 Å². The van der Waals surface area contributed by atoms with Crippen LogP contribution < -0.4 is 5.73 Å². The highest BCUT2D eigenvalue weighted by molar-refractivity contribution is 6.08. The maximum Gasteiger partial charge on any atom is 0.343 e. The maximum atomic E-state index is 12.3. The predicted octanol–water partition coefficient (Wildman–Crippen LogP) is 3.50. The molecule has 6 nitrogen and oxygen atoms in total. The SMILES string of the molecule is CCc1ccc(-n2c(N)c(C(=O)OC)c3nc4ccccc4nc32)cc1. The highest BCUT2D eigenvalue weighted by atomic mass is 16.5. The minimum atomic E-state index is -0.527. The number of para-hydroxylation sites is 2. The number of aryl methyl sites for hydroxylation is 1. The van der Waals surface area contributed by atoms with E-state index in [2.05, 4.69) is 11.9 Å². The number of nitrogens with zero attached hydrogens (tertiary/aromatic N) is 3. The fraction of sp³-hybridized carbons (Fsp3) is 0.150. The van der Waals surface area contributed by atoms with Crippen molar-refractivity contribution in [1.82, 2.24) is 14.5 Å². The number of anilines is 1. The van der Waals surface area contributed by atoms with Gasteiger partial charge in [0, 0.05) is 5.69 Å². The molecule has 0 unspecified atom stereocenters. The van der Waals surface area contributed by atoms with Crippen molar-refractivity contribution in [2.24, 2.45) is 0 Å². The van der Waals surface area contributed by atoms with Crippen molar-refractivity contribution >= 4 is 34.0 Å². The number of benzene rings is 2. The number of fused-ring (bicyclic) bond motifs is 2. The van der Waals surface area contributed by atoms with E-state index in [1.807, 2.05) is 48.5 Å². The van der Waals surface area contributed by atoms with Crippen molar-refractivity contribution < 1.29 is 9.53 Å². The Morgan fingerprint density at radius 1 is 1.08 bits per heavy atom. The summed E-state index contributed by atoms with van der Waals surface area (Å²) in [5.41, 5.74) is 11.0. The van der Waals surface area contributed by atoms with Crippen LogP contribution in [-0.2, 0) is 11.2 Å². The first-order valence-corrected chi connectivity index (χ1v) is 8.38. The minimum absolute atomic E-state index is 0.236. The average molecular weight is 346 g/mol. The molecular formula is C20H18N4O2. The van der Waals surface area contributed by atoms with E-state index in [0.29, 0.717) is 16.7 Å². The number of ether oxygens (including phenoxy) is 1. The number of rotatable bonds is 3. The van der Waals surface area contributed by atoms with E-state index < -0.39 is 5.97 Å². The van der Waals surface area contributed by atoms with Gasteiger partial charge in [0.05, 0.1) is 18.1 Å². The maximum absolute atomic E-state index is 12.3.